The Kier molecular flexibility index (Phi) is 5.71. The van der Waals surface area contributed by atoms with Crippen molar-refractivity contribution in [2.75, 3.05) is 31.7 Å². The summed E-state index contributed by atoms with van der Waals surface area (Å²) in [5, 5.41) is 2.97. The molecule has 0 aliphatic carbocycles. The van der Waals surface area contributed by atoms with Crippen molar-refractivity contribution in [3.8, 4) is 0 Å². The van der Waals surface area contributed by atoms with Gasteiger partial charge in [0.25, 0.3) is 5.91 Å². The van der Waals surface area contributed by atoms with Crippen molar-refractivity contribution in [2.24, 2.45) is 0 Å². The van der Waals surface area contributed by atoms with Gasteiger partial charge in [0.15, 0.2) is 0 Å². The average Bonchev–Trinajstić information content (AvgIpc) is 3.33. The van der Waals surface area contributed by atoms with Crippen LogP contribution in [0.25, 0.3) is 0 Å². The van der Waals surface area contributed by atoms with Gasteiger partial charge in [0.05, 0.1) is 12.2 Å². The molecule has 6 heteroatoms. The van der Waals surface area contributed by atoms with E-state index >= 15 is 0 Å². The van der Waals surface area contributed by atoms with Gasteiger partial charge in [0.1, 0.15) is 23.4 Å². The van der Waals surface area contributed by atoms with Gasteiger partial charge in [-0.05, 0) is 37.1 Å². The Labute approximate surface area is 148 Å². The van der Waals surface area contributed by atoms with E-state index in [1.165, 1.54) is 12.8 Å². The number of anilines is 1. The molecular weight excluding hydrogens is 318 g/mol. The topological polar surface area (TPSA) is 67.6 Å². The third kappa shape index (κ3) is 4.20. The number of hydrogen-bond donors (Lipinski definition) is 1. The predicted octanol–water partition coefficient (Wildman–Crippen LogP) is 2.95. The summed E-state index contributed by atoms with van der Waals surface area (Å²) in [6.07, 6.45) is 4.85. The summed E-state index contributed by atoms with van der Waals surface area (Å²) in [5.74, 6) is 2.34. The van der Waals surface area contributed by atoms with E-state index in [-0.39, 0.29) is 11.9 Å². The second kappa shape index (κ2) is 8.16. The van der Waals surface area contributed by atoms with Crippen LogP contribution in [-0.2, 0) is 11.2 Å². The summed E-state index contributed by atoms with van der Waals surface area (Å²) in [5.41, 5.74) is 0.534. The fourth-order valence-corrected chi connectivity index (χ4v) is 3.03. The largest absolute Gasteiger partial charge is 0.464 e. The first-order chi connectivity index (χ1) is 12.2. The first kappa shape index (κ1) is 17.5. The van der Waals surface area contributed by atoms with Gasteiger partial charge in [-0.15, -0.1) is 0 Å². The quantitative estimate of drug-likeness (QED) is 0.837. The summed E-state index contributed by atoms with van der Waals surface area (Å²) in [6.45, 7) is 4.45. The van der Waals surface area contributed by atoms with Crippen molar-refractivity contribution < 1.29 is 13.9 Å². The molecule has 1 aliphatic rings. The van der Waals surface area contributed by atoms with Gasteiger partial charge in [-0.25, -0.2) is 4.98 Å². The van der Waals surface area contributed by atoms with Crippen LogP contribution >= 0.6 is 0 Å². The Morgan fingerprint density at radius 1 is 1.32 bits per heavy atom. The van der Waals surface area contributed by atoms with E-state index in [0.717, 1.165) is 31.1 Å². The van der Waals surface area contributed by atoms with Crippen LogP contribution in [0, 0.1) is 0 Å². The molecule has 0 radical (unpaired) electrons. The molecule has 0 aromatic carbocycles. The Morgan fingerprint density at radius 3 is 2.72 bits per heavy atom. The van der Waals surface area contributed by atoms with E-state index in [0.29, 0.717) is 17.9 Å². The third-order valence-corrected chi connectivity index (χ3v) is 4.45. The number of aryl methyl sites for hydroxylation is 1. The zero-order valence-corrected chi connectivity index (χ0v) is 14.8. The molecule has 1 N–H and O–H groups in total. The van der Waals surface area contributed by atoms with E-state index in [1.54, 1.807) is 13.3 Å². The van der Waals surface area contributed by atoms with Crippen molar-refractivity contribution >= 4 is 11.7 Å². The summed E-state index contributed by atoms with van der Waals surface area (Å²) in [7, 11) is 1.61. The van der Waals surface area contributed by atoms with Crippen LogP contribution < -0.4 is 10.2 Å². The molecule has 3 heterocycles. The summed E-state index contributed by atoms with van der Waals surface area (Å²) in [6, 6.07) is 7.22. The number of ether oxygens (including phenoxy) is 1. The minimum atomic E-state index is -0.323. The maximum absolute atomic E-state index is 12.6. The third-order valence-electron chi connectivity index (χ3n) is 4.45. The van der Waals surface area contributed by atoms with Crippen molar-refractivity contribution in [1.29, 1.82) is 0 Å². The first-order valence-corrected chi connectivity index (χ1v) is 8.80. The first-order valence-electron chi connectivity index (χ1n) is 8.80. The summed E-state index contributed by atoms with van der Waals surface area (Å²) < 4.78 is 11.0. The van der Waals surface area contributed by atoms with Gasteiger partial charge in [-0.2, -0.15) is 0 Å². The van der Waals surface area contributed by atoms with Gasteiger partial charge < -0.3 is 19.4 Å². The smallest absolute Gasteiger partial charge is 0.253 e. The molecule has 0 bridgehead atoms. The highest BCUT2D eigenvalue weighted by Gasteiger charge is 2.20. The Hall–Kier alpha value is -2.34. The molecule has 1 saturated heterocycles. The number of carbonyl (C=O) groups is 1. The molecule has 3 rings (SSSR count). The number of amides is 1. The van der Waals surface area contributed by atoms with Crippen LogP contribution in [0.15, 0.2) is 34.9 Å². The molecule has 0 saturated carbocycles. The lowest BCUT2D eigenvalue weighted by molar-refractivity contribution is 0.0882. The second-order valence-corrected chi connectivity index (χ2v) is 6.24. The fourth-order valence-electron chi connectivity index (χ4n) is 3.03. The Bertz CT molecular complexity index is 690. The lowest BCUT2D eigenvalue weighted by atomic mass is 10.2. The number of carbonyl (C=O) groups excluding carboxylic acids is 1. The van der Waals surface area contributed by atoms with E-state index < -0.39 is 0 Å². The maximum atomic E-state index is 12.6. The van der Waals surface area contributed by atoms with Crippen LogP contribution in [-0.4, -0.2) is 37.7 Å². The SMILES string of the molecule is CCc1ccc([C@@H](COC)NC(=O)c2ccc(N3CCCC3)nc2)o1. The average molecular weight is 343 g/mol. The van der Waals surface area contributed by atoms with Crippen LogP contribution in [0.4, 0.5) is 5.82 Å². The zero-order chi connectivity index (χ0) is 17.6. The highest BCUT2D eigenvalue weighted by molar-refractivity contribution is 5.94. The van der Waals surface area contributed by atoms with Crippen LogP contribution in [0.1, 0.15) is 47.7 Å². The van der Waals surface area contributed by atoms with E-state index in [9.17, 15) is 4.79 Å². The van der Waals surface area contributed by atoms with Gasteiger partial charge >= 0.3 is 0 Å². The molecule has 2 aromatic rings. The van der Waals surface area contributed by atoms with E-state index in [1.807, 2.05) is 31.2 Å². The van der Waals surface area contributed by atoms with Crippen LogP contribution in [0.5, 0.6) is 0 Å². The molecule has 1 amide bonds. The fraction of sp³-hybridized carbons (Fsp3) is 0.474. The molecule has 0 unspecified atom stereocenters. The van der Waals surface area contributed by atoms with Gasteiger partial charge in [0.2, 0.25) is 0 Å². The standard InChI is InChI=1S/C19H25N3O3/c1-3-15-7-8-17(25-15)16(13-24-2)21-19(23)14-6-9-18(20-12-14)22-10-4-5-11-22/h6-9,12,16H,3-5,10-11,13H2,1-2H3,(H,21,23)/t16-/m1/s1. The predicted molar refractivity (Wildman–Crippen MR) is 95.9 cm³/mol. The highest BCUT2D eigenvalue weighted by Crippen LogP contribution is 2.20. The lowest BCUT2D eigenvalue weighted by Crippen LogP contribution is -2.31. The number of methoxy groups -OCH3 is 1. The normalized spacial score (nSPS) is 15.4. The Balaban J connectivity index is 1.68. The van der Waals surface area contributed by atoms with Gasteiger partial charge in [-0.1, -0.05) is 6.92 Å². The van der Waals surface area contributed by atoms with Gasteiger partial charge in [-0.3, -0.25) is 4.79 Å². The van der Waals surface area contributed by atoms with Crippen LogP contribution in [0.3, 0.4) is 0 Å². The van der Waals surface area contributed by atoms with Crippen molar-refractivity contribution in [3.63, 3.8) is 0 Å². The summed E-state index contributed by atoms with van der Waals surface area (Å²) >= 11 is 0. The maximum Gasteiger partial charge on any atom is 0.253 e. The number of pyridine rings is 1. The molecule has 6 nitrogen and oxygen atoms in total. The highest BCUT2D eigenvalue weighted by atomic mass is 16.5. The number of nitrogens with one attached hydrogen (secondary N) is 1. The lowest BCUT2D eigenvalue weighted by Gasteiger charge is -2.18. The summed E-state index contributed by atoms with van der Waals surface area (Å²) in [4.78, 5) is 19.2. The molecule has 134 valence electrons. The molecule has 2 aromatic heterocycles. The minimum Gasteiger partial charge on any atom is -0.464 e. The van der Waals surface area contributed by atoms with Crippen molar-refractivity contribution in [3.05, 3.63) is 47.5 Å². The number of nitrogens with zero attached hydrogens (tertiary/aromatic N) is 2. The number of hydrogen-bond acceptors (Lipinski definition) is 5. The minimum absolute atomic E-state index is 0.183. The molecular formula is C19H25N3O3. The monoisotopic (exact) mass is 343 g/mol. The van der Waals surface area contributed by atoms with E-state index in [2.05, 4.69) is 15.2 Å². The number of furan rings is 1. The number of rotatable bonds is 7. The molecule has 1 fully saturated rings. The van der Waals surface area contributed by atoms with Crippen molar-refractivity contribution in [2.45, 2.75) is 32.2 Å². The molecule has 25 heavy (non-hydrogen) atoms. The Morgan fingerprint density at radius 2 is 2.12 bits per heavy atom. The zero-order valence-electron chi connectivity index (χ0n) is 14.8. The molecule has 0 spiro atoms. The van der Waals surface area contributed by atoms with Crippen LogP contribution in [0.2, 0.25) is 0 Å². The van der Waals surface area contributed by atoms with E-state index in [4.69, 9.17) is 9.15 Å². The molecule has 1 aliphatic heterocycles. The second-order valence-electron chi connectivity index (χ2n) is 6.24. The number of aromatic nitrogens is 1. The van der Waals surface area contributed by atoms with Gasteiger partial charge in [0, 0.05) is 32.8 Å². The molecule has 1 atom stereocenters. The van der Waals surface area contributed by atoms with Crippen molar-refractivity contribution in [1.82, 2.24) is 10.3 Å².